The van der Waals surface area contributed by atoms with E-state index in [0.717, 1.165) is 10.4 Å². The third-order valence-corrected chi connectivity index (χ3v) is 4.65. The van der Waals surface area contributed by atoms with E-state index in [9.17, 15) is 4.79 Å². The Bertz CT molecular complexity index is 743. The van der Waals surface area contributed by atoms with E-state index in [2.05, 4.69) is 10.5 Å². The van der Waals surface area contributed by atoms with Crippen LogP contribution in [0.1, 0.15) is 24.3 Å². The van der Waals surface area contributed by atoms with Crippen LogP contribution < -0.4 is 10.2 Å². The smallest absolute Gasteiger partial charge is 0.280 e. The Labute approximate surface area is 149 Å². The van der Waals surface area contributed by atoms with Crippen LogP contribution in [0.25, 0.3) is 0 Å². The van der Waals surface area contributed by atoms with Gasteiger partial charge in [0.1, 0.15) is 5.75 Å². The molecule has 1 unspecified atom stereocenters. The maximum atomic E-state index is 12.1. The number of carbonyl (C=O) groups is 1. The quantitative estimate of drug-likeness (QED) is 0.613. The normalized spacial score (nSPS) is 12.8. The number of amides is 1. The largest absolute Gasteiger partial charge is 0.481 e. The fourth-order valence-corrected chi connectivity index (χ4v) is 3.00. The molecular weight excluding hydrogens is 355 g/mol. The van der Waals surface area contributed by atoms with Crippen molar-refractivity contribution in [2.75, 3.05) is 0 Å². The van der Waals surface area contributed by atoms with Crippen molar-refractivity contribution in [3.05, 3.63) is 50.1 Å². The molecule has 1 amide bonds. The van der Waals surface area contributed by atoms with E-state index in [1.165, 1.54) is 11.3 Å². The molecular formula is C16H16Cl2N2O2S. The first-order valence-electron chi connectivity index (χ1n) is 6.89. The number of benzene rings is 1. The van der Waals surface area contributed by atoms with Crippen LogP contribution >= 0.6 is 34.5 Å². The van der Waals surface area contributed by atoms with Gasteiger partial charge in [0.2, 0.25) is 0 Å². The van der Waals surface area contributed by atoms with Crippen LogP contribution in [0.2, 0.25) is 9.36 Å². The van der Waals surface area contributed by atoms with Crippen molar-refractivity contribution in [1.82, 2.24) is 5.43 Å². The minimum atomic E-state index is -0.682. The standard InChI is InChI=1S/C16H16Cl2N2O2S/c1-9-8-12(17)4-5-13(9)22-11(3)16(21)20-19-10(2)14-6-7-15(18)23-14/h4-8,11H,1-3H3,(H,20,21)/b19-10+. The molecule has 7 heteroatoms. The van der Waals surface area contributed by atoms with Gasteiger partial charge in [0.15, 0.2) is 6.10 Å². The lowest BCUT2D eigenvalue weighted by Crippen LogP contribution is -2.34. The van der Waals surface area contributed by atoms with E-state index in [4.69, 9.17) is 27.9 Å². The van der Waals surface area contributed by atoms with E-state index in [1.807, 2.05) is 13.0 Å². The minimum Gasteiger partial charge on any atom is -0.481 e. The molecule has 0 aliphatic heterocycles. The van der Waals surface area contributed by atoms with Crippen LogP contribution in [-0.4, -0.2) is 17.7 Å². The molecule has 0 saturated heterocycles. The third kappa shape index (κ3) is 4.96. The van der Waals surface area contributed by atoms with Crippen LogP contribution in [0, 0.1) is 6.92 Å². The van der Waals surface area contributed by atoms with Crippen molar-refractivity contribution in [3.63, 3.8) is 0 Å². The highest BCUT2D eigenvalue weighted by molar-refractivity contribution is 7.18. The average molecular weight is 371 g/mol. The average Bonchev–Trinajstić information content (AvgIpc) is 2.93. The van der Waals surface area contributed by atoms with Crippen LogP contribution in [0.4, 0.5) is 0 Å². The Hall–Kier alpha value is -1.56. The predicted molar refractivity (Wildman–Crippen MR) is 96.0 cm³/mol. The maximum Gasteiger partial charge on any atom is 0.280 e. The number of hydrogen-bond acceptors (Lipinski definition) is 4. The van der Waals surface area contributed by atoms with Crippen LogP contribution in [0.15, 0.2) is 35.4 Å². The number of hydrazone groups is 1. The first kappa shape index (κ1) is 17.8. The summed E-state index contributed by atoms with van der Waals surface area (Å²) in [6, 6.07) is 8.89. The number of hydrogen-bond donors (Lipinski definition) is 1. The third-order valence-electron chi connectivity index (χ3n) is 3.07. The van der Waals surface area contributed by atoms with Crippen molar-refractivity contribution >= 4 is 46.2 Å². The monoisotopic (exact) mass is 370 g/mol. The van der Waals surface area contributed by atoms with Crippen molar-refractivity contribution in [2.45, 2.75) is 26.9 Å². The second-order valence-corrected chi connectivity index (χ2v) is 7.10. The van der Waals surface area contributed by atoms with E-state index in [0.29, 0.717) is 20.8 Å². The lowest BCUT2D eigenvalue weighted by Gasteiger charge is -2.15. The second kappa shape index (κ2) is 7.81. The predicted octanol–water partition coefficient (Wildman–Crippen LogP) is 4.67. The van der Waals surface area contributed by atoms with Crippen LogP contribution in [0.3, 0.4) is 0 Å². The van der Waals surface area contributed by atoms with Gasteiger partial charge >= 0.3 is 0 Å². The number of rotatable bonds is 5. The highest BCUT2D eigenvalue weighted by Gasteiger charge is 2.15. The summed E-state index contributed by atoms with van der Waals surface area (Å²) in [5, 5.41) is 4.70. The molecule has 0 fully saturated rings. The van der Waals surface area contributed by atoms with Crippen LogP contribution in [-0.2, 0) is 4.79 Å². The number of nitrogens with zero attached hydrogens (tertiary/aromatic N) is 1. The molecule has 0 bridgehead atoms. The van der Waals surface area contributed by atoms with Crippen molar-refractivity contribution < 1.29 is 9.53 Å². The first-order valence-corrected chi connectivity index (χ1v) is 8.46. The van der Waals surface area contributed by atoms with Gasteiger partial charge < -0.3 is 4.74 Å². The molecule has 1 heterocycles. The number of carbonyl (C=O) groups excluding carboxylic acids is 1. The first-order chi connectivity index (χ1) is 10.9. The van der Waals surface area contributed by atoms with Gasteiger partial charge in [-0.25, -0.2) is 5.43 Å². The Morgan fingerprint density at radius 2 is 2.04 bits per heavy atom. The summed E-state index contributed by atoms with van der Waals surface area (Å²) in [4.78, 5) is 13.0. The number of aryl methyl sites for hydroxylation is 1. The van der Waals surface area contributed by atoms with Gasteiger partial charge in [0.25, 0.3) is 5.91 Å². The van der Waals surface area contributed by atoms with Crippen LogP contribution in [0.5, 0.6) is 5.75 Å². The van der Waals surface area contributed by atoms with E-state index >= 15 is 0 Å². The number of halogens is 2. The van der Waals surface area contributed by atoms with Crippen molar-refractivity contribution in [3.8, 4) is 5.75 Å². The Balaban J connectivity index is 1.97. The maximum absolute atomic E-state index is 12.1. The van der Waals surface area contributed by atoms with E-state index in [1.54, 1.807) is 38.1 Å². The molecule has 0 radical (unpaired) electrons. The number of nitrogens with one attached hydrogen (secondary N) is 1. The number of ether oxygens (including phenoxy) is 1. The molecule has 0 aliphatic rings. The topological polar surface area (TPSA) is 50.7 Å². The summed E-state index contributed by atoms with van der Waals surface area (Å²) in [6.07, 6.45) is -0.682. The van der Waals surface area contributed by atoms with Gasteiger partial charge in [-0.05, 0) is 56.7 Å². The van der Waals surface area contributed by atoms with E-state index < -0.39 is 6.10 Å². The summed E-state index contributed by atoms with van der Waals surface area (Å²) in [7, 11) is 0. The highest BCUT2D eigenvalue weighted by Crippen LogP contribution is 2.23. The minimum absolute atomic E-state index is 0.332. The Morgan fingerprint density at radius 1 is 1.30 bits per heavy atom. The number of thiophene rings is 1. The molecule has 2 aromatic rings. The van der Waals surface area contributed by atoms with Crippen molar-refractivity contribution in [2.24, 2.45) is 5.10 Å². The summed E-state index contributed by atoms with van der Waals surface area (Å²) >= 11 is 13.2. The van der Waals surface area contributed by atoms with Crippen molar-refractivity contribution in [1.29, 1.82) is 0 Å². The molecule has 0 aliphatic carbocycles. The fraction of sp³-hybridized carbons (Fsp3) is 0.250. The summed E-state index contributed by atoms with van der Waals surface area (Å²) < 4.78 is 6.32. The molecule has 1 N–H and O–H groups in total. The highest BCUT2D eigenvalue weighted by atomic mass is 35.5. The molecule has 4 nitrogen and oxygen atoms in total. The van der Waals surface area contributed by atoms with Gasteiger partial charge in [-0.15, -0.1) is 11.3 Å². The fourth-order valence-electron chi connectivity index (χ4n) is 1.78. The van der Waals surface area contributed by atoms with Gasteiger partial charge in [0.05, 0.1) is 14.9 Å². The summed E-state index contributed by atoms with van der Waals surface area (Å²) in [5.74, 6) is 0.282. The lowest BCUT2D eigenvalue weighted by molar-refractivity contribution is -0.127. The Kier molecular flexibility index (Phi) is 6.04. The van der Waals surface area contributed by atoms with Gasteiger partial charge in [0, 0.05) is 5.02 Å². The molecule has 1 atom stereocenters. The summed E-state index contributed by atoms with van der Waals surface area (Å²) in [6.45, 7) is 5.34. The summed E-state index contributed by atoms with van der Waals surface area (Å²) in [5.41, 5.74) is 4.05. The lowest BCUT2D eigenvalue weighted by atomic mass is 10.2. The molecule has 23 heavy (non-hydrogen) atoms. The molecule has 0 saturated carbocycles. The molecule has 2 rings (SSSR count). The molecule has 1 aromatic heterocycles. The zero-order valence-electron chi connectivity index (χ0n) is 12.9. The molecule has 122 valence electrons. The zero-order chi connectivity index (χ0) is 17.0. The molecule has 1 aromatic carbocycles. The molecule has 0 spiro atoms. The van der Waals surface area contributed by atoms with E-state index in [-0.39, 0.29) is 5.91 Å². The zero-order valence-corrected chi connectivity index (χ0v) is 15.2. The van der Waals surface area contributed by atoms with Gasteiger partial charge in [-0.3, -0.25) is 4.79 Å². The SMILES string of the molecule is C/C(=N\NC(=O)C(C)Oc1ccc(Cl)cc1C)c1ccc(Cl)s1. The Morgan fingerprint density at radius 3 is 2.65 bits per heavy atom. The van der Waals surface area contributed by atoms with Gasteiger partial charge in [-0.1, -0.05) is 23.2 Å². The van der Waals surface area contributed by atoms with Gasteiger partial charge in [-0.2, -0.15) is 5.10 Å². The second-order valence-electron chi connectivity index (χ2n) is 4.95.